The second-order valence-corrected chi connectivity index (χ2v) is 11.9. The summed E-state index contributed by atoms with van der Waals surface area (Å²) in [5.74, 6) is -0.151. The lowest BCUT2D eigenvalue weighted by atomic mass is 9.66. The summed E-state index contributed by atoms with van der Waals surface area (Å²) >= 11 is 7.38. The number of rotatable bonds is 6. The predicted octanol–water partition coefficient (Wildman–Crippen LogP) is 3.85. The number of hydrogen-bond donors (Lipinski definition) is 2. The van der Waals surface area contributed by atoms with Gasteiger partial charge in [0.05, 0.1) is 18.8 Å². The van der Waals surface area contributed by atoms with Crippen LogP contribution in [0.4, 0.5) is 5.13 Å². The third-order valence-corrected chi connectivity index (χ3v) is 8.34. The van der Waals surface area contributed by atoms with E-state index in [4.69, 9.17) is 16.3 Å². The lowest BCUT2D eigenvalue weighted by molar-refractivity contribution is -0.154. The number of benzene rings is 1. The Balaban J connectivity index is 1.45. The highest BCUT2D eigenvalue weighted by Crippen LogP contribution is 2.46. The van der Waals surface area contributed by atoms with Gasteiger partial charge in [-0.1, -0.05) is 51.4 Å². The van der Waals surface area contributed by atoms with Crippen molar-refractivity contribution >= 4 is 39.9 Å². The van der Waals surface area contributed by atoms with Crippen molar-refractivity contribution in [1.29, 1.82) is 0 Å². The fraction of sp³-hybridized carbons (Fsp3) is 0.577. The Kier molecular flexibility index (Phi) is 7.95. The van der Waals surface area contributed by atoms with E-state index >= 15 is 0 Å². The number of amides is 2. The number of aliphatic hydroxyl groups is 1. The highest BCUT2D eigenvalue weighted by Gasteiger charge is 2.50. The van der Waals surface area contributed by atoms with E-state index in [2.05, 4.69) is 10.3 Å². The second-order valence-electron chi connectivity index (χ2n) is 10.6. The van der Waals surface area contributed by atoms with Crippen LogP contribution in [-0.4, -0.2) is 77.1 Å². The Labute approximate surface area is 221 Å². The van der Waals surface area contributed by atoms with Gasteiger partial charge in [-0.2, -0.15) is 0 Å². The zero-order valence-electron chi connectivity index (χ0n) is 21.3. The average molecular weight is 535 g/mol. The number of piperidine rings is 1. The highest BCUT2D eigenvalue weighted by molar-refractivity contribution is 7.13. The lowest BCUT2D eigenvalue weighted by Gasteiger charge is -2.51. The standard InChI is InChI=1S/C26H35ClN4O4S/c1-17(2)21(29-24-28-20(15-36-24)22(32)30-11-13-35-14-12-30)23(33)31-10-9-26(34,25(3,4)16-31)18-5-7-19(27)8-6-18/h5-8,15,17,21,34H,9-14,16H2,1-4H3,(H,28,29). The van der Waals surface area contributed by atoms with Gasteiger partial charge in [0.15, 0.2) is 5.13 Å². The molecule has 2 aliphatic rings. The Morgan fingerprint density at radius 1 is 1.14 bits per heavy atom. The van der Waals surface area contributed by atoms with Crippen LogP contribution in [0.25, 0.3) is 0 Å². The van der Waals surface area contributed by atoms with Gasteiger partial charge in [-0.25, -0.2) is 4.98 Å². The maximum absolute atomic E-state index is 13.7. The molecular weight excluding hydrogens is 500 g/mol. The van der Waals surface area contributed by atoms with Crippen LogP contribution in [0.15, 0.2) is 29.6 Å². The van der Waals surface area contributed by atoms with Crippen LogP contribution in [0.2, 0.25) is 5.02 Å². The topological polar surface area (TPSA) is 95.0 Å². The predicted molar refractivity (Wildman–Crippen MR) is 141 cm³/mol. The third kappa shape index (κ3) is 5.39. The van der Waals surface area contributed by atoms with Crippen LogP contribution in [0.1, 0.15) is 50.2 Å². The summed E-state index contributed by atoms with van der Waals surface area (Å²) in [5, 5.41) is 17.8. The number of nitrogens with zero attached hydrogens (tertiary/aromatic N) is 3. The van der Waals surface area contributed by atoms with Crippen LogP contribution < -0.4 is 5.32 Å². The Bertz CT molecular complexity index is 1080. The third-order valence-electron chi connectivity index (χ3n) is 7.32. The molecule has 0 aliphatic carbocycles. The largest absolute Gasteiger partial charge is 0.384 e. The number of nitrogens with one attached hydrogen (secondary N) is 1. The van der Waals surface area contributed by atoms with Crippen LogP contribution >= 0.6 is 22.9 Å². The highest BCUT2D eigenvalue weighted by atomic mass is 35.5. The first-order valence-corrected chi connectivity index (χ1v) is 13.6. The van der Waals surface area contributed by atoms with Crippen LogP contribution in [-0.2, 0) is 15.1 Å². The molecule has 3 heterocycles. The van der Waals surface area contributed by atoms with Gasteiger partial charge in [0.1, 0.15) is 11.7 Å². The number of carbonyl (C=O) groups excluding carboxylic acids is 2. The number of morpholine rings is 1. The molecule has 2 unspecified atom stereocenters. The molecule has 1 aromatic carbocycles. The maximum Gasteiger partial charge on any atom is 0.273 e. The van der Waals surface area contributed by atoms with E-state index in [1.807, 2.05) is 44.7 Å². The number of anilines is 1. The van der Waals surface area contributed by atoms with E-state index < -0.39 is 17.1 Å². The number of hydrogen-bond acceptors (Lipinski definition) is 7. The first-order valence-electron chi connectivity index (χ1n) is 12.4. The zero-order valence-corrected chi connectivity index (χ0v) is 22.9. The molecule has 0 radical (unpaired) electrons. The second kappa shape index (κ2) is 10.7. The van der Waals surface area contributed by atoms with Crippen molar-refractivity contribution in [2.45, 2.75) is 45.8 Å². The molecule has 10 heteroatoms. The van der Waals surface area contributed by atoms with Crippen molar-refractivity contribution in [3.63, 3.8) is 0 Å². The summed E-state index contributed by atoms with van der Waals surface area (Å²) in [4.78, 5) is 34.5. The minimum atomic E-state index is -1.07. The fourth-order valence-corrected chi connectivity index (χ4v) is 5.83. The van der Waals surface area contributed by atoms with Gasteiger partial charge < -0.3 is 25.0 Å². The number of halogens is 1. The van der Waals surface area contributed by atoms with Gasteiger partial charge in [0, 0.05) is 42.0 Å². The van der Waals surface area contributed by atoms with Gasteiger partial charge in [0.25, 0.3) is 5.91 Å². The quantitative estimate of drug-likeness (QED) is 0.584. The number of likely N-dealkylation sites (tertiary alicyclic amines) is 1. The van der Waals surface area contributed by atoms with E-state index in [1.165, 1.54) is 11.3 Å². The van der Waals surface area contributed by atoms with E-state index in [-0.39, 0.29) is 17.7 Å². The molecule has 2 N–H and O–H groups in total. The molecule has 2 aromatic rings. The summed E-state index contributed by atoms with van der Waals surface area (Å²) in [6, 6.07) is 6.79. The minimum absolute atomic E-state index is 0.0000163. The fourth-order valence-electron chi connectivity index (χ4n) is 4.98. The molecule has 2 aliphatic heterocycles. The van der Waals surface area contributed by atoms with E-state index in [1.54, 1.807) is 22.4 Å². The van der Waals surface area contributed by atoms with Gasteiger partial charge in [0.2, 0.25) is 5.91 Å². The molecule has 2 atom stereocenters. The summed E-state index contributed by atoms with van der Waals surface area (Å²) in [5.41, 5.74) is -0.455. The molecule has 0 saturated carbocycles. The normalized spacial score (nSPS) is 23.0. The number of ether oxygens (including phenoxy) is 1. The smallest absolute Gasteiger partial charge is 0.273 e. The summed E-state index contributed by atoms with van der Waals surface area (Å²) in [7, 11) is 0. The molecular formula is C26H35ClN4O4S. The average Bonchev–Trinajstić information content (AvgIpc) is 3.33. The van der Waals surface area contributed by atoms with E-state index in [9.17, 15) is 14.7 Å². The van der Waals surface area contributed by atoms with Crippen molar-refractivity contribution in [1.82, 2.24) is 14.8 Å². The molecule has 196 valence electrons. The molecule has 8 nitrogen and oxygen atoms in total. The lowest BCUT2D eigenvalue weighted by Crippen LogP contribution is -2.59. The van der Waals surface area contributed by atoms with Gasteiger partial charge in [-0.15, -0.1) is 11.3 Å². The Morgan fingerprint density at radius 3 is 2.42 bits per heavy atom. The van der Waals surface area contributed by atoms with Crippen LogP contribution in [0.5, 0.6) is 0 Å². The van der Waals surface area contributed by atoms with Gasteiger partial charge in [-0.3, -0.25) is 9.59 Å². The summed E-state index contributed by atoms with van der Waals surface area (Å²) in [6.45, 7) is 11.0. The summed E-state index contributed by atoms with van der Waals surface area (Å²) in [6.07, 6.45) is 0.424. The minimum Gasteiger partial charge on any atom is -0.384 e. The molecule has 2 saturated heterocycles. The molecule has 2 amide bonds. The van der Waals surface area contributed by atoms with Gasteiger partial charge in [-0.05, 0) is 30.0 Å². The SMILES string of the molecule is CC(C)C(Nc1nc(C(=O)N2CCOCC2)cs1)C(=O)N1CCC(O)(c2ccc(Cl)cc2)C(C)(C)C1. The molecule has 0 bridgehead atoms. The molecule has 36 heavy (non-hydrogen) atoms. The number of thiazole rings is 1. The van der Waals surface area contributed by atoms with E-state index in [0.29, 0.717) is 61.7 Å². The van der Waals surface area contributed by atoms with Crippen molar-refractivity contribution in [2.24, 2.45) is 11.3 Å². The summed E-state index contributed by atoms with van der Waals surface area (Å²) < 4.78 is 5.32. The molecule has 4 rings (SSSR count). The monoisotopic (exact) mass is 534 g/mol. The molecule has 2 fully saturated rings. The number of carbonyl (C=O) groups is 2. The van der Waals surface area contributed by atoms with Crippen molar-refractivity contribution in [3.05, 3.63) is 45.9 Å². The number of aromatic nitrogens is 1. The Morgan fingerprint density at radius 2 is 1.81 bits per heavy atom. The first kappa shape index (κ1) is 26.9. The van der Waals surface area contributed by atoms with Crippen molar-refractivity contribution < 1.29 is 19.4 Å². The van der Waals surface area contributed by atoms with E-state index in [0.717, 1.165) is 5.56 Å². The van der Waals surface area contributed by atoms with Crippen LogP contribution in [0.3, 0.4) is 0 Å². The van der Waals surface area contributed by atoms with Crippen molar-refractivity contribution in [2.75, 3.05) is 44.7 Å². The van der Waals surface area contributed by atoms with Gasteiger partial charge >= 0.3 is 0 Å². The first-order chi connectivity index (χ1) is 17.0. The zero-order chi connectivity index (χ0) is 26.1. The Hall–Kier alpha value is -2.20. The molecule has 0 spiro atoms. The maximum atomic E-state index is 13.7. The van der Waals surface area contributed by atoms with Crippen molar-refractivity contribution in [3.8, 4) is 0 Å². The molecule has 1 aromatic heterocycles. The van der Waals surface area contributed by atoms with Crippen LogP contribution in [0, 0.1) is 11.3 Å².